The van der Waals surface area contributed by atoms with Gasteiger partial charge in [0.25, 0.3) is 5.56 Å². The summed E-state index contributed by atoms with van der Waals surface area (Å²) in [5, 5.41) is 0. The molecule has 0 saturated carbocycles. The molecule has 7 rings (SSSR count). The number of nitrogens with zero attached hydrogens (tertiary/aromatic N) is 3. The second kappa shape index (κ2) is 11.0. The molecular weight excluding hydrogens is 669 g/mol. The zero-order valence-electron chi connectivity index (χ0n) is 24.3. The van der Waals surface area contributed by atoms with Gasteiger partial charge in [0.2, 0.25) is 0 Å². The van der Waals surface area contributed by atoms with Gasteiger partial charge in [-0.2, -0.15) is 0 Å². The number of methoxy groups -OCH3 is 2. The monoisotopic (exact) mass is 699 g/mol. The Morgan fingerprint density at radius 1 is 0.953 bits per heavy atom. The minimum absolute atomic E-state index is 0.0342. The van der Waals surface area contributed by atoms with Gasteiger partial charge in [0.15, 0.2) is 16.3 Å². The smallest absolute Gasteiger partial charge is 0.271 e. The van der Waals surface area contributed by atoms with Gasteiger partial charge < -0.3 is 14.0 Å². The van der Waals surface area contributed by atoms with Gasteiger partial charge in [-0.25, -0.2) is 4.99 Å². The van der Waals surface area contributed by atoms with E-state index in [1.54, 1.807) is 14.2 Å². The third-order valence-corrected chi connectivity index (χ3v) is 10.1. The number of thiazole rings is 1. The lowest BCUT2D eigenvalue weighted by Crippen LogP contribution is -2.38. The molecular formula is C35H30IN3O3S. The highest BCUT2D eigenvalue weighted by atomic mass is 127. The summed E-state index contributed by atoms with van der Waals surface area (Å²) < 4.78 is 17.2. The van der Waals surface area contributed by atoms with E-state index in [9.17, 15) is 4.79 Å². The summed E-state index contributed by atoms with van der Waals surface area (Å²) in [4.78, 5) is 20.2. The molecule has 43 heavy (non-hydrogen) atoms. The normalized spacial score (nSPS) is 15.9. The van der Waals surface area contributed by atoms with Crippen molar-refractivity contribution in [3.63, 3.8) is 0 Å². The van der Waals surface area contributed by atoms with Crippen LogP contribution in [0.3, 0.4) is 0 Å². The number of fused-ring (bicyclic) bond motifs is 3. The van der Waals surface area contributed by atoms with Crippen molar-refractivity contribution in [1.29, 1.82) is 0 Å². The quantitative estimate of drug-likeness (QED) is 0.201. The number of allylic oxidation sites excluding steroid dienone is 1. The molecule has 3 heterocycles. The lowest BCUT2D eigenvalue weighted by molar-refractivity contribution is 0.354. The molecule has 0 N–H and O–H groups in total. The van der Waals surface area contributed by atoms with Crippen molar-refractivity contribution in [1.82, 2.24) is 9.13 Å². The van der Waals surface area contributed by atoms with Gasteiger partial charge in [0, 0.05) is 26.2 Å². The SMILES string of the molecule is COc1ccc([C@H]2C3=C(N=c4s/c(=C/c5cc(C)n(-c6ccc(I)cc6)c5C)c(=O)n42)c2ccccc2CC3)cc1OC. The first-order chi connectivity index (χ1) is 20.9. The predicted octanol–water partition coefficient (Wildman–Crippen LogP) is 6.35. The molecule has 216 valence electrons. The highest BCUT2D eigenvalue weighted by molar-refractivity contribution is 14.1. The van der Waals surface area contributed by atoms with Crippen LogP contribution in [-0.2, 0) is 6.42 Å². The summed E-state index contributed by atoms with van der Waals surface area (Å²) in [6.07, 6.45) is 3.76. The number of ether oxygens (including phenoxy) is 2. The fourth-order valence-electron chi connectivity index (χ4n) is 6.41. The van der Waals surface area contributed by atoms with Gasteiger partial charge in [0.05, 0.1) is 30.5 Å². The minimum Gasteiger partial charge on any atom is -0.493 e. The van der Waals surface area contributed by atoms with E-state index in [0.717, 1.165) is 57.9 Å². The maximum absolute atomic E-state index is 14.3. The first-order valence-electron chi connectivity index (χ1n) is 14.2. The molecule has 6 nitrogen and oxygen atoms in total. The number of rotatable bonds is 5. The van der Waals surface area contributed by atoms with Gasteiger partial charge in [-0.1, -0.05) is 41.7 Å². The van der Waals surface area contributed by atoms with Crippen molar-refractivity contribution in [3.8, 4) is 17.2 Å². The molecule has 0 radical (unpaired) electrons. The van der Waals surface area contributed by atoms with Crippen LogP contribution in [0, 0.1) is 17.4 Å². The van der Waals surface area contributed by atoms with Gasteiger partial charge in [-0.05, 0) is 120 Å². The Balaban J connectivity index is 1.44. The third kappa shape index (κ3) is 4.67. The van der Waals surface area contributed by atoms with Crippen LogP contribution >= 0.6 is 33.9 Å². The summed E-state index contributed by atoms with van der Waals surface area (Å²) >= 11 is 3.78. The molecule has 1 atom stereocenters. The Morgan fingerprint density at radius 2 is 1.72 bits per heavy atom. The average Bonchev–Trinajstić information content (AvgIpc) is 3.49. The fraction of sp³-hybridized carbons (Fsp3) is 0.200. The molecule has 3 aromatic carbocycles. The molecule has 0 bridgehead atoms. The first kappa shape index (κ1) is 27.9. The molecule has 1 aliphatic carbocycles. The molecule has 0 unspecified atom stereocenters. The Morgan fingerprint density at radius 3 is 2.49 bits per heavy atom. The van der Waals surface area contributed by atoms with Crippen LogP contribution in [0.25, 0.3) is 17.5 Å². The van der Waals surface area contributed by atoms with E-state index < -0.39 is 0 Å². The molecule has 0 saturated heterocycles. The highest BCUT2D eigenvalue weighted by Crippen LogP contribution is 2.42. The van der Waals surface area contributed by atoms with E-state index in [1.807, 2.05) is 28.8 Å². The van der Waals surface area contributed by atoms with Crippen molar-refractivity contribution < 1.29 is 9.47 Å². The predicted molar refractivity (Wildman–Crippen MR) is 180 cm³/mol. The van der Waals surface area contributed by atoms with Crippen LogP contribution in [-0.4, -0.2) is 23.4 Å². The fourth-order valence-corrected chi connectivity index (χ4v) is 7.76. The maximum atomic E-state index is 14.3. The second-order valence-corrected chi connectivity index (χ2v) is 13.1. The molecule has 0 amide bonds. The summed E-state index contributed by atoms with van der Waals surface area (Å²) in [5.74, 6) is 1.30. The van der Waals surface area contributed by atoms with Crippen LogP contribution in [0.1, 0.15) is 46.1 Å². The Bertz CT molecular complexity index is 2120. The van der Waals surface area contributed by atoms with Crippen LogP contribution in [0.2, 0.25) is 0 Å². The van der Waals surface area contributed by atoms with E-state index in [2.05, 4.69) is 95.6 Å². The first-order valence-corrected chi connectivity index (χ1v) is 16.1. The minimum atomic E-state index is -0.291. The third-order valence-electron chi connectivity index (χ3n) is 8.44. The second-order valence-electron chi connectivity index (χ2n) is 10.9. The van der Waals surface area contributed by atoms with Crippen molar-refractivity contribution in [2.24, 2.45) is 4.99 Å². The largest absolute Gasteiger partial charge is 0.493 e. The number of aryl methyl sites for hydroxylation is 2. The van der Waals surface area contributed by atoms with E-state index >= 15 is 0 Å². The molecule has 0 fully saturated rings. The zero-order chi connectivity index (χ0) is 29.8. The summed E-state index contributed by atoms with van der Waals surface area (Å²) in [5.41, 5.74) is 9.85. The van der Waals surface area contributed by atoms with E-state index in [-0.39, 0.29) is 11.6 Å². The average molecular weight is 700 g/mol. The van der Waals surface area contributed by atoms with Gasteiger partial charge in [-0.15, -0.1) is 0 Å². The number of benzene rings is 3. The number of hydrogen-bond donors (Lipinski definition) is 0. The van der Waals surface area contributed by atoms with Crippen molar-refractivity contribution in [2.45, 2.75) is 32.7 Å². The van der Waals surface area contributed by atoms with Gasteiger partial charge >= 0.3 is 0 Å². The molecule has 8 heteroatoms. The maximum Gasteiger partial charge on any atom is 0.271 e. The molecule has 2 aromatic heterocycles. The lowest BCUT2D eigenvalue weighted by Gasteiger charge is -2.31. The van der Waals surface area contributed by atoms with E-state index in [4.69, 9.17) is 14.5 Å². The Hall–Kier alpha value is -3.89. The summed E-state index contributed by atoms with van der Waals surface area (Å²) in [6, 6.07) is 24.8. The molecule has 1 aliphatic heterocycles. The molecule has 0 spiro atoms. The zero-order valence-corrected chi connectivity index (χ0v) is 27.3. The summed E-state index contributed by atoms with van der Waals surface area (Å²) in [7, 11) is 3.27. The van der Waals surface area contributed by atoms with E-state index in [1.165, 1.54) is 20.5 Å². The topological polar surface area (TPSA) is 57.8 Å². The number of halogens is 1. The van der Waals surface area contributed by atoms with Crippen LogP contribution in [0.15, 0.2) is 88.2 Å². The standard InChI is InChI=1S/C35H30IN3O3S/c1-20-17-24(21(2)38(20)26-13-11-25(36)12-14-26)19-31-34(40)39-33(23-10-16-29(41-3)30(18-23)42-4)28-15-9-22-7-5-6-8-27(22)32(28)37-35(39)43-31/h5-8,10-14,16-19,33H,9,15H2,1-4H3/b31-19+/t33-/m0/s1. The van der Waals surface area contributed by atoms with Crippen LogP contribution in [0.4, 0.5) is 0 Å². The van der Waals surface area contributed by atoms with Crippen LogP contribution in [0.5, 0.6) is 11.5 Å². The van der Waals surface area contributed by atoms with Crippen molar-refractivity contribution >= 4 is 45.7 Å². The van der Waals surface area contributed by atoms with E-state index in [0.29, 0.717) is 20.8 Å². The highest BCUT2D eigenvalue weighted by Gasteiger charge is 2.33. The lowest BCUT2D eigenvalue weighted by atomic mass is 9.83. The number of hydrogen-bond acceptors (Lipinski definition) is 5. The Labute approximate surface area is 267 Å². The summed E-state index contributed by atoms with van der Waals surface area (Å²) in [6.45, 7) is 4.21. The van der Waals surface area contributed by atoms with Crippen LogP contribution < -0.4 is 24.4 Å². The van der Waals surface area contributed by atoms with Gasteiger partial charge in [0.1, 0.15) is 0 Å². The van der Waals surface area contributed by atoms with Crippen molar-refractivity contribution in [2.75, 3.05) is 14.2 Å². The van der Waals surface area contributed by atoms with Crippen molar-refractivity contribution in [3.05, 3.63) is 135 Å². The number of aromatic nitrogens is 2. The Kier molecular flexibility index (Phi) is 7.13. The molecule has 2 aliphatic rings. The van der Waals surface area contributed by atoms with Gasteiger partial charge in [-0.3, -0.25) is 9.36 Å². The molecule has 5 aromatic rings.